The van der Waals surface area contributed by atoms with Crippen LogP contribution < -0.4 is 4.90 Å². The predicted molar refractivity (Wildman–Crippen MR) is 241 cm³/mol. The van der Waals surface area contributed by atoms with Crippen LogP contribution in [0.5, 0.6) is 0 Å². The molecule has 0 spiro atoms. The van der Waals surface area contributed by atoms with Crippen molar-refractivity contribution in [3.8, 4) is 27.9 Å². The number of fused-ring (bicyclic) bond motifs is 9. The summed E-state index contributed by atoms with van der Waals surface area (Å²) < 4.78 is 4.84. The van der Waals surface area contributed by atoms with Crippen LogP contribution in [0.25, 0.3) is 87.8 Å². The van der Waals surface area contributed by atoms with Gasteiger partial charge in [0.2, 0.25) is 0 Å². The topological polar surface area (TPSA) is 12.6 Å². The first kappa shape index (κ1) is 31.7. The summed E-state index contributed by atoms with van der Waals surface area (Å²) in [5.41, 5.74) is 15.4. The molecular formula is C54H35N3. The van der Waals surface area contributed by atoms with E-state index in [4.69, 9.17) is 0 Å². The Morgan fingerprint density at radius 3 is 1.30 bits per heavy atom. The Bertz CT molecular complexity index is 3370. The summed E-state index contributed by atoms with van der Waals surface area (Å²) >= 11 is 0. The Kier molecular flexibility index (Phi) is 6.93. The third-order valence-electron chi connectivity index (χ3n) is 11.9. The summed E-state index contributed by atoms with van der Waals surface area (Å²) in [7, 11) is 0. The average molecular weight is 726 g/mol. The number of hydrogen-bond donors (Lipinski definition) is 0. The van der Waals surface area contributed by atoms with Crippen LogP contribution in [0.1, 0.15) is 0 Å². The van der Waals surface area contributed by atoms with Gasteiger partial charge < -0.3 is 13.9 Å². The van der Waals surface area contributed by atoms with Crippen molar-refractivity contribution in [3.63, 3.8) is 0 Å². The van der Waals surface area contributed by atoms with Gasteiger partial charge in [-0.1, -0.05) is 146 Å². The van der Waals surface area contributed by atoms with E-state index in [0.29, 0.717) is 0 Å². The van der Waals surface area contributed by atoms with Crippen LogP contribution in [0.3, 0.4) is 0 Å². The number of anilines is 3. The van der Waals surface area contributed by atoms with Crippen molar-refractivity contribution in [2.75, 3.05) is 4.90 Å². The molecule has 3 heteroatoms. The molecule has 0 aliphatic rings. The molecule has 12 rings (SSSR count). The normalized spacial score (nSPS) is 11.9. The van der Waals surface area contributed by atoms with Gasteiger partial charge in [0.1, 0.15) is 0 Å². The van der Waals surface area contributed by atoms with Crippen LogP contribution in [0.15, 0.2) is 212 Å². The van der Waals surface area contributed by atoms with Gasteiger partial charge >= 0.3 is 0 Å². The number of aromatic nitrogens is 2. The van der Waals surface area contributed by atoms with Crippen LogP contribution >= 0.6 is 0 Å². The summed E-state index contributed by atoms with van der Waals surface area (Å²) in [4.78, 5) is 2.39. The Morgan fingerprint density at radius 2 is 0.702 bits per heavy atom. The third kappa shape index (κ3) is 4.86. The van der Waals surface area contributed by atoms with Crippen LogP contribution in [-0.2, 0) is 0 Å². The first-order chi connectivity index (χ1) is 28.3. The fourth-order valence-electron chi connectivity index (χ4n) is 9.25. The minimum atomic E-state index is 1.09. The summed E-state index contributed by atoms with van der Waals surface area (Å²) in [6, 6.07) is 77.4. The van der Waals surface area contributed by atoms with E-state index in [0.717, 1.165) is 22.7 Å². The van der Waals surface area contributed by atoms with Gasteiger partial charge in [-0.15, -0.1) is 0 Å². The molecule has 0 atom stereocenters. The van der Waals surface area contributed by atoms with Crippen molar-refractivity contribution in [1.29, 1.82) is 0 Å². The van der Waals surface area contributed by atoms with Gasteiger partial charge in [0, 0.05) is 55.1 Å². The highest BCUT2D eigenvalue weighted by Gasteiger charge is 2.20. The number of benzene rings is 9. The summed E-state index contributed by atoms with van der Waals surface area (Å²) in [5.74, 6) is 0. The molecule has 0 N–H and O–H groups in total. The fourth-order valence-corrected chi connectivity index (χ4v) is 9.25. The second-order valence-corrected chi connectivity index (χ2v) is 15.0. The Labute approximate surface area is 329 Å². The first-order valence-electron chi connectivity index (χ1n) is 19.6. The van der Waals surface area contributed by atoms with E-state index in [-0.39, 0.29) is 0 Å². The molecular weight excluding hydrogens is 691 g/mol. The lowest BCUT2D eigenvalue weighted by molar-refractivity contribution is 1.17. The van der Waals surface area contributed by atoms with Gasteiger partial charge in [0.25, 0.3) is 0 Å². The van der Waals surface area contributed by atoms with Gasteiger partial charge in [-0.05, 0) is 89.0 Å². The number of para-hydroxylation sites is 4. The van der Waals surface area contributed by atoms with Crippen molar-refractivity contribution in [1.82, 2.24) is 8.97 Å². The second kappa shape index (κ2) is 12.5. The number of hydrogen-bond acceptors (Lipinski definition) is 1. The molecule has 0 radical (unpaired) electrons. The van der Waals surface area contributed by atoms with E-state index in [1.54, 1.807) is 0 Å². The van der Waals surface area contributed by atoms with Crippen LogP contribution in [0.4, 0.5) is 17.1 Å². The quantitative estimate of drug-likeness (QED) is 0.166. The van der Waals surface area contributed by atoms with Crippen LogP contribution in [-0.4, -0.2) is 8.97 Å². The minimum absolute atomic E-state index is 1.09. The van der Waals surface area contributed by atoms with E-state index < -0.39 is 0 Å². The fraction of sp³-hybridized carbons (Fsp3) is 0. The summed E-state index contributed by atoms with van der Waals surface area (Å²) in [5, 5.41) is 7.66. The highest BCUT2D eigenvalue weighted by atomic mass is 15.1. The summed E-state index contributed by atoms with van der Waals surface area (Å²) in [6.07, 6.45) is 0. The monoisotopic (exact) mass is 725 g/mol. The minimum Gasteiger partial charge on any atom is -0.310 e. The van der Waals surface area contributed by atoms with E-state index in [9.17, 15) is 0 Å². The average Bonchev–Trinajstić information content (AvgIpc) is 3.93. The Morgan fingerprint density at radius 1 is 0.281 bits per heavy atom. The molecule has 57 heavy (non-hydrogen) atoms. The largest absolute Gasteiger partial charge is 0.310 e. The Balaban J connectivity index is 1.01. The lowest BCUT2D eigenvalue weighted by Crippen LogP contribution is -2.10. The van der Waals surface area contributed by atoms with Crippen molar-refractivity contribution in [2.24, 2.45) is 0 Å². The zero-order chi connectivity index (χ0) is 37.5. The molecule has 3 aromatic heterocycles. The zero-order valence-electron chi connectivity index (χ0n) is 31.0. The third-order valence-corrected chi connectivity index (χ3v) is 11.9. The smallest absolute Gasteiger partial charge is 0.0620 e. The highest BCUT2D eigenvalue weighted by Crippen LogP contribution is 2.43. The lowest BCUT2D eigenvalue weighted by atomic mass is 10.00. The van der Waals surface area contributed by atoms with Crippen LogP contribution in [0, 0.1) is 0 Å². The molecule has 3 heterocycles. The number of nitrogens with zero attached hydrogens (tertiary/aromatic N) is 3. The molecule has 12 aromatic rings. The van der Waals surface area contributed by atoms with Crippen LogP contribution in [0.2, 0.25) is 0 Å². The number of rotatable bonds is 6. The molecule has 0 aliphatic heterocycles. The molecule has 0 aliphatic carbocycles. The van der Waals surface area contributed by atoms with E-state index in [1.165, 1.54) is 82.2 Å². The van der Waals surface area contributed by atoms with E-state index in [2.05, 4.69) is 226 Å². The zero-order valence-corrected chi connectivity index (χ0v) is 31.0. The first-order valence-corrected chi connectivity index (χ1v) is 19.6. The van der Waals surface area contributed by atoms with Gasteiger partial charge in [-0.3, -0.25) is 0 Å². The van der Waals surface area contributed by atoms with E-state index in [1.807, 2.05) is 0 Å². The SMILES string of the molecule is c1ccc(-c2ccc(-c3ccc(N(c4ccc(-n5c6ccccc6c6ccccc65)cc4)c4ccc5c6cccc7c8ccccc8n(c5c4)c76)cc3)cc2)cc1. The van der Waals surface area contributed by atoms with Gasteiger partial charge in [-0.2, -0.15) is 0 Å². The maximum absolute atomic E-state index is 2.46. The predicted octanol–water partition coefficient (Wildman–Crippen LogP) is 14.7. The molecule has 3 nitrogen and oxygen atoms in total. The molecule has 0 fully saturated rings. The van der Waals surface area contributed by atoms with E-state index >= 15 is 0 Å². The van der Waals surface area contributed by atoms with Crippen molar-refractivity contribution < 1.29 is 0 Å². The molecule has 266 valence electrons. The van der Waals surface area contributed by atoms with Crippen molar-refractivity contribution >= 4 is 77.0 Å². The second-order valence-electron chi connectivity index (χ2n) is 15.0. The molecule has 9 aromatic carbocycles. The summed E-state index contributed by atoms with van der Waals surface area (Å²) in [6.45, 7) is 0. The molecule has 0 saturated carbocycles. The van der Waals surface area contributed by atoms with Gasteiger partial charge in [0.05, 0.1) is 27.6 Å². The van der Waals surface area contributed by atoms with Gasteiger partial charge in [-0.25, -0.2) is 0 Å². The maximum Gasteiger partial charge on any atom is 0.0620 e. The van der Waals surface area contributed by atoms with Crippen molar-refractivity contribution in [2.45, 2.75) is 0 Å². The van der Waals surface area contributed by atoms with Crippen molar-refractivity contribution in [3.05, 3.63) is 212 Å². The molecule has 0 bridgehead atoms. The lowest BCUT2D eigenvalue weighted by Gasteiger charge is -2.26. The molecule has 0 saturated heterocycles. The standard InChI is InChI=1S/C54H35N3/c1-2-11-36(12-3-1)37-21-23-38(24-22-37)39-25-27-40(28-26-39)55(41-29-31-42(32-30-41)56-50-18-7-4-13-44(50)45-14-5-8-19-51(45)56)43-33-34-47-49-17-10-16-48-46-15-6-9-20-52(46)57(54(48)49)53(47)35-43/h1-35H. The Hall–Kier alpha value is -7.62. The molecule has 0 unspecified atom stereocenters. The maximum atomic E-state index is 2.46. The molecule has 0 amide bonds. The highest BCUT2D eigenvalue weighted by molar-refractivity contribution is 6.23. The van der Waals surface area contributed by atoms with Gasteiger partial charge in [0.15, 0.2) is 0 Å².